The van der Waals surface area contributed by atoms with E-state index in [1.165, 1.54) is 51.4 Å². The molecule has 3 heteroatoms. The fraction of sp³-hybridized carbons (Fsp3) is 0.950. The molecule has 0 fully saturated rings. The second-order valence-electron chi connectivity index (χ2n) is 7.32. The SMILES string of the molecule is CCCCCCOC(=O)C([SiH3])(CCC)C(CC)CCCCCC. The number of carbonyl (C=O) groups is 1. The first-order valence-electron chi connectivity index (χ1n) is 10.2. The van der Waals surface area contributed by atoms with Gasteiger partial charge in [0.05, 0.1) is 11.6 Å². The van der Waals surface area contributed by atoms with Crippen molar-refractivity contribution >= 4 is 16.2 Å². The van der Waals surface area contributed by atoms with E-state index in [9.17, 15) is 4.79 Å². The van der Waals surface area contributed by atoms with Gasteiger partial charge in [0.15, 0.2) is 0 Å². The van der Waals surface area contributed by atoms with Crippen LogP contribution >= 0.6 is 0 Å². The Hall–Kier alpha value is -0.313. The molecule has 0 aliphatic heterocycles. The molecule has 0 aromatic carbocycles. The summed E-state index contributed by atoms with van der Waals surface area (Å²) in [4.78, 5) is 12.8. The molecule has 0 spiro atoms. The molecule has 0 aliphatic carbocycles. The van der Waals surface area contributed by atoms with Gasteiger partial charge in [-0.05, 0) is 25.2 Å². The zero-order chi connectivity index (χ0) is 17.6. The Bertz CT molecular complexity index is 293. The van der Waals surface area contributed by atoms with Crippen molar-refractivity contribution < 1.29 is 9.53 Å². The molecule has 0 amide bonds. The first-order valence-corrected chi connectivity index (χ1v) is 11.2. The molecule has 0 aromatic rings. The van der Waals surface area contributed by atoms with Gasteiger partial charge >= 0.3 is 5.97 Å². The molecule has 138 valence electrons. The van der Waals surface area contributed by atoms with Crippen molar-refractivity contribution in [3.8, 4) is 0 Å². The molecule has 0 N–H and O–H groups in total. The second-order valence-corrected chi connectivity index (χ2v) is 9.10. The van der Waals surface area contributed by atoms with Crippen molar-refractivity contribution in [3.63, 3.8) is 0 Å². The molecule has 0 saturated heterocycles. The zero-order valence-electron chi connectivity index (χ0n) is 16.6. The molecule has 2 unspecified atom stereocenters. The molecule has 0 saturated carbocycles. The van der Waals surface area contributed by atoms with Crippen LogP contribution in [0.15, 0.2) is 0 Å². The van der Waals surface area contributed by atoms with Gasteiger partial charge in [0.1, 0.15) is 0 Å². The Kier molecular flexibility index (Phi) is 13.9. The summed E-state index contributed by atoms with van der Waals surface area (Å²) >= 11 is 0. The molecule has 0 bridgehead atoms. The third-order valence-electron chi connectivity index (χ3n) is 5.27. The highest BCUT2D eigenvalue weighted by atomic mass is 28.1. The lowest BCUT2D eigenvalue weighted by Gasteiger charge is -2.35. The Balaban J connectivity index is 4.54. The van der Waals surface area contributed by atoms with Crippen LogP contribution in [0, 0.1) is 5.92 Å². The molecule has 0 heterocycles. The number of ether oxygens (including phenoxy) is 1. The van der Waals surface area contributed by atoms with Gasteiger partial charge in [-0.3, -0.25) is 4.79 Å². The van der Waals surface area contributed by atoms with E-state index in [0.717, 1.165) is 35.9 Å². The summed E-state index contributed by atoms with van der Waals surface area (Å²) in [5.74, 6) is 0.638. The van der Waals surface area contributed by atoms with Gasteiger partial charge in [-0.1, -0.05) is 85.5 Å². The van der Waals surface area contributed by atoms with E-state index in [1.54, 1.807) is 0 Å². The average Bonchev–Trinajstić information content (AvgIpc) is 2.54. The lowest BCUT2D eigenvalue weighted by atomic mass is 9.81. The van der Waals surface area contributed by atoms with Crippen molar-refractivity contribution in [2.24, 2.45) is 5.92 Å². The second kappa shape index (κ2) is 14.1. The van der Waals surface area contributed by atoms with Gasteiger partial charge in [0.2, 0.25) is 0 Å². The molecule has 23 heavy (non-hydrogen) atoms. The summed E-state index contributed by atoms with van der Waals surface area (Å²) in [6.07, 6.45) is 14.3. The molecule has 2 nitrogen and oxygen atoms in total. The molecule has 0 radical (unpaired) electrons. The van der Waals surface area contributed by atoms with Crippen molar-refractivity contribution in [1.29, 1.82) is 0 Å². The third kappa shape index (κ3) is 8.93. The Morgan fingerprint density at radius 1 is 0.913 bits per heavy atom. The van der Waals surface area contributed by atoms with Gasteiger partial charge in [0, 0.05) is 10.2 Å². The molecule has 0 rings (SSSR count). The first-order chi connectivity index (χ1) is 11.1. The number of hydrogen-bond donors (Lipinski definition) is 0. The maximum absolute atomic E-state index is 12.8. The Labute approximate surface area is 148 Å². The third-order valence-corrected chi connectivity index (χ3v) is 6.99. The summed E-state index contributed by atoms with van der Waals surface area (Å²) in [7, 11) is 0.919. The average molecular weight is 343 g/mol. The smallest absolute Gasteiger partial charge is 0.308 e. The fourth-order valence-electron chi connectivity index (χ4n) is 3.64. The van der Waals surface area contributed by atoms with Crippen LogP contribution < -0.4 is 0 Å². The van der Waals surface area contributed by atoms with Gasteiger partial charge in [-0.25, -0.2) is 0 Å². The quantitative estimate of drug-likeness (QED) is 0.225. The van der Waals surface area contributed by atoms with Crippen LogP contribution in [-0.2, 0) is 9.53 Å². The number of carbonyl (C=O) groups excluding carboxylic acids is 1. The normalized spacial score (nSPS) is 15.3. The van der Waals surface area contributed by atoms with E-state index in [1.807, 2.05) is 0 Å². The van der Waals surface area contributed by atoms with E-state index < -0.39 is 0 Å². The van der Waals surface area contributed by atoms with E-state index in [0.29, 0.717) is 12.5 Å². The Morgan fingerprint density at radius 2 is 1.52 bits per heavy atom. The lowest BCUT2D eigenvalue weighted by Crippen LogP contribution is -2.34. The van der Waals surface area contributed by atoms with Crippen LogP contribution in [0.5, 0.6) is 0 Å². The standard InChI is InChI=1S/C20H42O2Si/c1-5-9-11-13-15-18(8-4)20(23,16-7-3)19(21)22-17-14-12-10-6-2/h18H,5-17H2,1-4,23H3. The monoisotopic (exact) mass is 342 g/mol. The van der Waals surface area contributed by atoms with Gasteiger partial charge in [-0.15, -0.1) is 0 Å². The molecular formula is C20H42O2Si. The van der Waals surface area contributed by atoms with Crippen LogP contribution in [0.25, 0.3) is 0 Å². The molecular weight excluding hydrogens is 300 g/mol. The minimum Gasteiger partial charge on any atom is -0.466 e. The minimum absolute atomic E-state index is 0.116. The summed E-state index contributed by atoms with van der Waals surface area (Å²) in [6, 6.07) is 0. The zero-order valence-corrected chi connectivity index (χ0v) is 18.6. The van der Waals surface area contributed by atoms with Crippen molar-refractivity contribution in [2.45, 2.75) is 110 Å². The van der Waals surface area contributed by atoms with Gasteiger partial charge in [-0.2, -0.15) is 0 Å². The predicted octanol–water partition coefficient (Wildman–Crippen LogP) is 5.43. The predicted molar refractivity (Wildman–Crippen MR) is 105 cm³/mol. The Morgan fingerprint density at radius 3 is 2.04 bits per heavy atom. The largest absolute Gasteiger partial charge is 0.466 e. The topological polar surface area (TPSA) is 26.3 Å². The first kappa shape index (κ1) is 22.7. The molecule has 0 aliphatic rings. The minimum atomic E-state index is -0.152. The molecule has 2 atom stereocenters. The van der Waals surface area contributed by atoms with Crippen LogP contribution in [0.3, 0.4) is 0 Å². The van der Waals surface area contributed by atoms with Crippen LogP contribution in [-0.4, -0.2) is 22.8 Å². The van der Waals surface area contributed by atoms with Crippen molar-refractivity contribution in [3.05, 3.63) is 0 Å². The maximum Gasteiger partial charge on any atom is 0.308 e. The number of esters is 1. The highest BCUT2D eigenvalue weighted by molar-refractivity contribution is 6.27. The fourth-order valence-corrected chi connectivity index (χ4v) is 4.98. The number of rotatable bonds is 15. The van der Waals surface area contributed by atoms with Crippen LogP contribution in [0.4, 0.5) is 0 Å². The van der Waals surface area contributed by atoms with E-state index >= 15 is 0 Å². The summed E-state index contributed by atoms with van der Waals surface area (Å²) < 4.78 is 5.71. The van der Waals surface area contributed by atoms with Crippen LogP contribution in [0.1, 0.15) is 105 Å². The van der Waals surface area contributed by atoms with E-state index in [-0.39, 0.29) is 11.0 Å². The summed E-state index contributed by atoms with van der Waals surface area (Å²) in [5.41, 5.74) is 0. The number of hydrogen-bond acceptors (Lipinski definition) is 2. The number of unbranched alkanes of at least 4 members (excludes halogenated alkanes) is 6. The van der Waals surface area contributed by atoms with Crippen molar-refractivity contribution in [2.75, 3.05) is 6.61 Å². The summed E-state index contributed by atoms with van der Waals surface area (Å²) in [6.45, 7) is 9.53. The summed E-state index contributed by atoms with van der Waals surface area (Å²) in [5, 5.41) is -0.152. The maximum atomic E-state index is 12.8. The highest BCUT2D eigenvalue weighted by Gasteiger charge is 2.40. The van der Waals surface area contributed by atoms with Crippen molar-refractivity contribution in [1.82, 2.24) is 0 Å². The van der Waals surface area contributed by atoms with E-state index in [2.05, 4.69) is 27.7 Å². The highest BCUT2D eigenvalue weighted by Crippen LogP contribution is 2.43. The van der Waals surface area contributed by atoms with Crippen LogP contribution in [0.2, 0.25) is 5.04 Å². The van der Waals surface area contributed by atoms with E-state index in [4.69, 9.17) is 4.74 Å². The van der Waals surface area contributed by atoms with Gasteiger partial charge < -0.3 is 4.74 Å². The van der Waals surface area contributed by atoms with Gasteiger partial charge in [0.25, 0.3) is 0 Å². The molecule has 0 aromatic heterocycles. The lowest BCUT2D eigenvalue weighted by molar-refractivity contribution is -0.150.